The number of rotatable bonds is 4. The normalized spacial score (nSPS) is 16.3. The summed E-state index contributed by atoms with van der Waals surface area (Å²) in [6.45, 7) is 3.20. The molecular formula is C10H13F3NO3P. The van der Waals surface area contributed by atoms with Crippen molar-refractivity contribution < 1.29 is 27.2 Å². The van der Waals surface area contributed by atoms with Gasteiger partial charge < -0.3 is 15.2 Å². The SMILES string of the molecule is CCC(C)OP(=O)(O)c1cc(F)c(F)c(F)c1N. The summed E-state index contributed by atoms with van der Waals surface area (Å²) in [4.78, 5) is 9.61. The van der Waals surface area contributed by atoms with Crippen LogP contribution in [-0.2, 0) is 9.09 Å². The lowest BCUT2D eigenvalue weighted by atomic mass is 10.3. The largest absolute Gasteiger partial charge is 0.396 e. The second-order valence-corrected chi connectivity index (χ2v) is 5.50. The first-order valence-corrected chi connectivity index (χ1v) is 6.73. The van der Waals surface area contributed by atoms with Crippen LogP contribution in [0.5, 0.6) is 0 Å². The van der Waals surface area contributed by atoms with Crippen molar-refractivity contribution in [1.29, 1.82) is 0 Å². The Morgan fingerprint density at radius 3 is 2.50 bits per heavy atom. The monoisotopic (exact) mass is 283 g/mol. The van der Waals surface area contributed by atoms with E-state index in [2.05, 4.69) is 0 Å². The van der Waals surface area contributed by atoms with Gasteiger partial charge in [-0.2, -0.15) is 0 Å². The maximum atomic E-state index is 13.2. The molecule has 0 amide bonds. The van der Waals surface area contributed by atoms with Crippen LogP contribution in [0.25, 0.3) is 0 Å². The molecule has 0 aliphatic rings. The number of nitrogens with two attached hydrogens (primary N) is 1. The van der Waals surface area contributed by atoms with Crippen molar-refractivity contribution in [3.8, 4) is 0 Å². The van der Waals surface area contributed by atoms with Crippen LogP contribution in [0.15, 0.2) is 6.07 Å². The summed E-state index contributed by atoms with van der Waals surface area (Å²) in [5, 5.41) is -0.779. The fourth-order valence-electron chi connectivity index (χ4n) is 1.21. The van der Waals surface area contributed by atoms with Crippen molar-refractivity contribution >= 4 is 18.6 Å². The highest BCUT2D eigenvalue weighted by atomic mass is 31.2. The highest BCUT2D eigenvalue weighted by Crippen LogP contribution is 2.45. The predicted octanol–water partition coefficient (Wildman–Crippen LogP) is 2.31. The van der Waals surface area contributed by atoms with E-state index in [4.69, 9.17) is 10.3 Å². The second kappa shape index (κ2) is 5.30. The van der Waals surface area contributed by atoms with Crippen LogP contribution in [0.1, 0.15) is 20.3 Å². The van der Waals surface area contributed by atoms with Crippen LogP contribution in [-0.4, -0.2) is 11.0 Å². The van der Waals surface area contributed by atoms with Gasteiger partial charge in [0.05, 0.1) is 17.1 Å². The minimum atomic E-state index is -4.50. The van der Waals surface area contributed by atoms with Crippen molar-refractivity contribution in [2.24, 2.45) is 0 Å². The summed E-state index contributed by atoms with van der Waals surface area (Å²) in [7, 11) is -4.50. The van der Waals surface area contributed by atoms with E-state index in [1.807, 2.05) is 0 Å². The van der Waals surface area contributed by atoms with E-state index in [9.17, 15) is 22.6 Å². The molecule has 1 aromatic carbocycles. The van der Waals surface area contributed by atoms with Crippen molar-refractivity contribution in [2.45, 2.75) is 26.4 Å². The van der Waals surface area contributed by atoms with E-state index in [0.717, 1.165) is 0 Å². The maximum Gasteiger partial charge on any atom is 0.361 e. The number of hydrogen-bond acceptors (Lipinski definition) is 3. The average molecular weight is 283 g/mol. The molecule has 0 saturated carbocycles. The van der Waals surface area contributed by atoms with E-state index in [1.54, 1.807) is 6.92 Å². The molecule has 0 radical (unpaired) electrons. The first-order chi connectivity index (χ1) is 8.20. The molecule has 4 nitrogen and oxygen atoms in total. The summed E-state index contributed by atoms with van der Waals surface area (Å²) in [6.07, 6.45) is -0.201. The standard InChI is InChI=1S/C10H13F3NO3P/c1-3-5(2)17-18(15,16)7-4-6(11)8(12)9(13)10(7)14/h4-5H,3,14H2,1-2H3,(H,15,16). The number of nitrogen functional groups attached to an aromatic ring is 1. The first-order valence-electron chi connectivity index (χ1n) is 5.15. The Labute approximate surface area is 102 Å². The Kier molecular flexibility index (Phi) is 4.42. The molecule has 0 bridgehead atoms. The number of halogens is 3. The molecule has 18 heavy (non-hydrogen) atoms. The minimum absolute atomic E-state index is 0.372. The Hall–Kier alpha value is -1.04. The summed E-state index contributed by atoms with van der Waals surface area (Å²) in [6, 6.07) is 0.372. The first kappa shape index (κ1) is 15.0. The van der Waals surface area contributed by atoms with Crippen molar-refractivity contribution in [2.75, 3.05) is 5.73 Å². The summed E-state index contributed by atoms with van der Waals surface area (Å²) >= 11 is 0. The third kappa shape index (κ3) is 2.85. The van der Waals surface area contributed by atoms with E-state index in [-0.39, 0.29) is 0 Å². The lowest BCUT2D eigenvalue weighted by Gasteiger charge is -2.18. The molecule has 2 unspecified atom stereocenters. The van der Waals surface area contributed by atoms with Crippen LogP contribution in [0.4, 0.5) is 18.9 Å². The van der Waals surface area contributed by atoms with Crippen LogP contribution >= 0.6 is 7.60 Å². The van der Waals surface area contributed by atoms with E-state index in [1.165, 1.54) is 6.92 Å². The molecule has 0 saturated heterocycles. The fourth-order valence-corrected chi connectivity index (χ4v) is 2.64. The highest BCUT2D eigenvalue weighted by molar-refractivity contribution is 7.61. The van der Waals surface area contributed by atoms with Gasteiger partial charge in [-0.3, -0.25) is 4.57 Å². The number of hydrogen-bond donors (Lipinski definition) is 2. The Morgan fingerprint density at radius 1 is 1.44 bits per heavy atom. The average Bonchev–Trinajstić information content (AvgIpc) is 2.30. The molecule has 0 aromatic heterocycles. The van der Waals surface area contributed by atoms with Crippen molar-refractivity contribution in [3.63, 3.8) is 0 Å². The van der Waals surface area contributed by atoms with Gasteiger partial charge in [-0.05, 0) is 19.4 Å². The van der Waals surface area contributed by atoms with Gasteiger partial charge in [0.25, 0.3) is 0 Å². The topological polar surface area (TPSA) is 72.5 Å². The highest BCUT2D eigenvalue weighted by Gasteiger charge is 2.31. The van der Waals surface area contributed by atoms with Crippen molar-refractivity contribution in [3.05, 3.63) is 23.5 Å². The lowest BCUT2D eigenvalue weighted by Crippen LogP contribution is -2.19. The van der Waals surface area contributed by atoms with Crippen LogP contribution in [0, 0.1) is 17.5 Å². The molecule has 1 rings (SSSR count). The number of anilines is 1. The van der Waals surface area contributed by atoms with Crippen LogP contribution in [0.2, 0.25) is 0 Å². The molecule has 0 aliphatic heterocycles. The molecule has 0 fully saturated rings. The van der Waals surface area contributed by atoms with E-state index >= 15 is 0 Å². The summed E-state index contributed by atoms with van der Waals surface area (Å²) in [5.74, 6) is -5.09. The molecule has 3 N–H and O–H groups in total. The van der Waals surface area contributed by atoms with Gasteiger partial charge in [0, 0.05) is 0 Å². The van der Waals surface area contributed by atoms with Crippen LogP contribution < -0.4 is 11.0 Å². The zero-order valence-electron chi connectivity index (χ0n) is 9.78. The smallest absolute Gasteiger partial charge is 0.361 e. The minimum Gasteiger partial charge on any atom is -0.396 e. The third-order valence-corrected chi connectivity index (χ3v) is 4.00. The Balaban J connectivity index is 3.29. The fraction of sp³-hybridized carbons (Fsp3) is 0.400. The Morgan fingerprint density at radius 2 is 2.00 bits per heavy atom. The second-order valence-electron chi connectivity index (χ2n) is 3.76. The molecule has 8 heteroatoms. The number of benzene rings is 1. The molecule has 2 atom stereocenters. The van der Waals surface area contributed by atoms with E-state index < -0.39 is 42.1 Å². The summed E-state index contributed by atoms with van der Waals surface area (Å²) < 4.78 is 55.6. The van der Waals surface area contributed by atoms with Gasteiger partial charge in [0.15, 0.2) is 17.5 Å². The maximum absolute atomic E-state index is 13.2. The van der Waals surface area contributed by atoms with E-state index in [0.29, 0.717) is 12.5 Å². The van der Waals surface area contributed by atoms with Gasteiger partial charge in [0.1, 0.15) is 0 Å². The molecule has 1 aromatic rings. The third-order valence-electron chi connectivity index (χ3n) is 2.38. The zero-order chi connectivity index (χ0) is 14.1. The molecule has 102 valence electrons. The van der Waals surface area contributed by atoms with Gasteiger partial charge >= 0.3 is 7.60 Å². The van der Waals surface area contributed by atoms with Crippen molar-refractivity contribution in [1.82, 2.24) is 0 Å². The molecular weight excluding hydrogens is 270 g/mol. The summed E-state index contributed by atoms with van der Waals surface area (Å²) in [5.41, 5.74) is 4.23. The lowest BCUT2D eigenvalue weighted by molar-refractivity contribution is 0.192. The molecule has 0 spiro atoms. The van der Waals surface area contributed by atoms with Gasteiger partial charge in [-0.15, -0.1) is 0 Å². The van der Waals surface area contributed by atoms with Gasteiger partial charge in [0.2, 0.25) is 0 Å². The molecule has 0 heterocycles. The molecule has 0 aliphatic carbocycles. The quantitative estimate of drug-likeness (QED) is 0.505. The zero-order valence-corrected chi connectivity index (χ0v) is 10.7. The van der Waals surface area contributed by atoms with Gasteiger partial charge in [-0.25, -0.2) is 13.2 Å². The predicted molar refractivity (Wildman–Crippen MR) is 61.0 cm³/mol. The van der Waals surface area contributed by atoms with Gasteiger partial charge in [-0.1, -0.05) is 6.92 Å². The van der Waals surface area contributed by atoms with Crippen LogP contribution in [0.3, 0.4) is 0 Å². The Bertz CT molecular complexity index is 510.